The van der Waals surface area contributed by atoms with Crippen molar-refractivity contribution in [3.8, 4) is 11.1 Å². The molecule has 0 unspecified atom stereocenters. The van der Waals surface area contributed by atoms with Crippen LogP contribution in [-0.4, -0.2) is 25.2 Å². The van der Waals surface area contributed by atoms with Crippen molar-refractivity contribution in [2.75, 3.05) is 13.2 Å². The molecule has 5 heteroatoms. The molecule has 2 aromatic carbocycles. The molecule has 0 aromatic heterocycles. The lowest BCUT2D eigenvalue weighted by Crippen LogP contribution is -2.07. The smallest absolute Gasteiger partial charge is 0.339 e. The van der Waals surface area contributed by atoms with E-state index >= 15 is 0 Å². The standard InChI is InChI=1S/C21H21ClO4/c1-4-25-20(23)14(3)11-15-12-17(16-9-7-6-8-10-16)19(22)18(13-15)21(24)26-5-2/h6-13H,4-5H2,1-3H3. The normalized spacial score (nSPS) is 11.2. The van der Waals surface area contributed by atoms with Gasteiger partial charge in [0.05, 0.1) is 23.8 Å². The predicted octanol–water partition coefficient (Wildman–Crippen LogP) is 5.15. The van der Waals surface area contributed by atoms with Gasteiger partial charge in [0.25, 0.3) is 0 Å². The number of carbonyl (C=O) groups excluding carboxylic acids is 2. The highest BCUT2D eigenvalue weighted by Gasteiger charge is 2.17. The maximum absolute atomic E-state index is 12.3. The topological polar surface area (TPSA) is 52.6 Å². The van der Waals surface area contributed by atoms with Gasteiger partial charge in [-0.15, -0.1) is 0 Å². The minimum atomic E-state index is -0.501. The molecule has 0 atom stereocenters. The van der Waals surface area contributed by atoms with E-state index in [1.807, 2.05) is 36.4 Å². The summed E-state index contributed by atoms with van der Waals surface area (Å²) in [6.45, 7) is 5.70. The molecule has 0 saturated carbocycles. The fourth-order valence-electron chi connectivity index (χ4n) is 2.47. The van der Waals surface area contributed by atoms with Crippen LogP contribution in [0.1, 0.15) is 36.7 Å². The van der Waals surface area contributed by atoms with Crippen LogP contribution in [0.25, 0.3) is 17.2 Å². The molecule has 0 amide bonds. The number of rotatable bonds is 6. The third-order valence-corrected chi connectivity index (χ3v) is 4.06. The Morgan fingerprint density at radius 3 is 2.31 bits per heavy atom. The summed E-state index contributed by atoms with van der Waals surface area (Å²) in [4.78, 5) is 24.2. The lowest BCUT2D eigenvalue weighted by Gasteiger charge is -2.12. The van der Waals surface area contributed by atoms with Gasteiger partial charge in [-0.1, -0.05) is 41.9 Å². The lowest BCUT2D eigenvalue weighted by molar-refractivity contribution is -0.138. The maximum Gasteiger partial charge on any atom is 0.339 e. The van der Waals surface area contributed by atoms with Crippen LogP contribution in [0.2, 0.25) is 5.02 Å². The van der Waals surface area contributed by atoms with E-state index in [0.29, 0.717) is 28.3 Å². The Labute approximate surface area is 158 Å². The van der Waals surface area contributed by atoms with Crippen molar-refractivity contribution < 1.29 is 19.1 Å². The van der Waals surface area contributed by atoms with E-state index in [2.05, 4.69) is 0 Å². The summed E-state index contributed by atoms with van der Waals surface area (Å²) < 4.78 is 10.1. The van der Waals surface area contributed by atoms with Crippen molar-refractivity contribution in [1.29, 1.82) is 0 Å². The highest BCUT2D eigenvalue weighted by atomic mass is 35.5. The largest absolute Gasteiger partial charge is 0.463 e. The van der Waals surface area contributed by atoms with Gasteiger partial charge in [-0.05, 0) is 50.1 Å². The maximum atomic E-state index is 12.3. The lowest BCUT2D eigenvalue weighted by atomic mass is 9.98. The summed E-state index contributed by atoms with van der Waals surface area (Å²) >= 11 is 6.48. The van der Waals surface area contributed by atoms with E-state index in [9.17, 15) is 9.59 Å². The molecule has 0 aliphatic carbocycles. The van der Waals surface area contributed by atoms with Gasteiger partial charge in [0, 0.05) is 11.1 Å². The number of carbonyl (C=O) groups is 2. The van der Waals surface area contributed by atoms with Gasteiger partial charge in [-0.2, -0.15) is 0 Å². The Kier molecular flexibility index (Phi) is 6.98. The Bertz CT molecular complexity index is 825. The molecule has 26 heavy (non-hydrogen) atoms. The second-order valence-corrected chi connectivity index (χ2v) is 5.94. The second-order valence-electron chi connectivity index (χ2n) is 5.56. The molecule has 2 aromatic rings. The molecule has 0 bridgehead atoms. The Hall–Kier alpha value is -2.59. The minimum absolute atomic E-state index is 0.248. The molecular weight excluding hydrogens is 352 g/mol. The first-order chi connectivity index (χ1) is 12.5. The highest BCUT2D eigenvalue weighted by Crippen LogP contribution is 2.33. The summed E-state index contributed by atoms with van der Waals surface area (Å²) in [6.07, 6.45) is 1.67. The Morgan fingerprint density at radius 2 is 1.69 bits per heavy atom. The molecule has 4 nitrogen and oxygen atoms in total. The quantitative estimate of drug-likeness (QED) is 0.519. The fourth-order valence-corrected chi connectivity index (χ4v) is 2.76. The number of hydrogen-bond donors (Lipinski definition) is 0. The number of esters is 2. The van der Waals surface area contributed by atoms with Crippen LogP contribution in [0, 0.1) is 0 Å². The van der Waals surface area contributed by atoms with Gasteiger partial charge >= 0.3 is 11.9 Å². The van der Waals surface area contributed by atoms with Crippen molar-refractivity contribution in [3.63, 3.8) is 0 Å². The summed E-state index contributed by atoms with van der Waals surface area (Å²) in [7, 11) is 0. The van der Waals surface area contributed by atoms with Gasteiger partial charge in [0.15, 0.2) is 0 Å². The average molecular weight is 373 g/mol. The molecule has 136 valence electrons. The van der Waals surface area contributed by atoms with Crippen molar-refractivity contribution in [3.05, 3.63) is 64.2 Å². The van der Waals surface area contributed by atoms with Gasteiger partial charge in [-0.25, -0.2) is 9.59 Å². The van der Waals surface area contributed by atoms with Gasteiger partial charge in [-0.3, -0.25) is 0 Å². The second kappa shape index (κ2) is 9.20. The van der Waals surface area contributed by atoms with Crippen LogP contribution < -0.4 is 0 Å². The molecule has 0 aliphatic rings. The van der Waals surface area contributed by atoms with Gasteiger partial charge < -0.3 is 9.47 Å². The molecule has 0 N–H and O–H groups in total. The van der Waals surface area contributed by atoms with Crippen LogP contribution in [0.15, 0.2) is 48.0 Å². The van der Waals surface area contributed by atoms with Crippen molar-refractivity contribution >= 4 is 29.6 Å². The van der Waals surface area contributed by atoms with E-state index < -0.39 is 11.9 Å². The van der Waals surface area contributed by atoms with Gasteiger partial charge in [0.2, 0.25) is 0 Å². The first-order valence-electron chi connectivity index (χ1n) is 8.39. The fraction of sp³-hybridized carbons (Fsp3) is 0.238. The number of hydrogen-bond acceptors (Lipinski definition) is 4. The molecule has 0 radical (unpaired) electrons. The number of ether oxygens (including phenoxy) is 2. The zero-order valence-corrected chi connectivity index (χ0v) is 15.8. The molecule has 0 aliphatic heterocycles. The minimum Gasteiger partial charge on any atom is -0.463 e. The monoisotopic (exact) mass is 372 g/mol. The van der Waals surface area contributed by atoms with E-state index in [4.69, 9.17) is 21.1 Å². The highest BCUT2D eigenvalue weighted by molar-refractivity contribution is 6.36. The van der Waals surface area contributed by atoms with Crippen LogP contribution in [-0.2, 0) is 14.3 Å². The first kappa shape index (κ1) is 19.7. The molecule has 0 heterocycles. The van der Waals surface area contributed by atoms with E-state index in [1.54, 1.807) is 32.9 Å². The van der Waals surface area contributed by atoms with Crippen LogP contribution in [0.4, 0.5) is 0 Å². The van der Waals surface area contributed by atoms with Crippen LogP contribution in [0.5, 0.6) is 0 Å². The SMILES string of the molecule is CCOC(=O)C(C)=Cc1cc(C(=O)OCC)c(Cl)c(-c2ccccc2)c1. The van der Waals surface area contributed by atoms with Gasteiger partial charge in [0.1, 0.15) is 0 Å². The predicted molar refractivity (Wildman–Crippen MR) is 103 cm³/mol. The van der Waals surface area contributed by atoms with Crippen molar-refractivity contribution in [2.24, 2.45) is 0 Å². The molecule has 0 saturated heterocycles. The first-order valence-corrected chi connectivity index (χ1v) is 8.77. The summed E-state index contributed by atoms with van der Waals surface area (Å²) in [6, 6.07) is 12.9. The Morgan fingerprint density at radius 1 is 1.04 bits per heavy atom. The van der Waals surface area contributed by atoms with E-state index in [0.717, 1.165) is 5.56 Å². The molecule has 0 fully saturated rings. The van der Waals surface area contributed by atoms with Crippen molar-refractivity contribution in [1.82, 2.24) is 0 Å². The summed E-state index contributed by atoms with van der Waals surface area (Å²) in [5.41, 5.74) is 2.93. The van der Waals surface area contributed by atoms with Crippen LogP contribution >= 0.6 is 11.6 Å². The zero-order chi connectivity index (χ0) is 19.1. The molecule has 2 rings (SSSR count). The number of halogens is 1. The Balaban J connectivity index is 2.59. The third kappa shape index (κ3) is 4.73. The molecular formula is C21H21ClO4. The summed E-state index contributed by atoms with van der Waals surface area (Å²) in [5, 5.41) is 0.320. The summed E-state index contributed by atoms with van der Waals surface area (Å²) in [5.74, 6) is -0.903. The van der Waals surface area contributed by atoms with E-state index in [-0.39, 0.29) is 12.2 Å². The third-order valence-electron chi connectivity index (χ3n) is 3.66. The number of benzene rings is 2. The van der Waals surface area contributed by atoms with Crippen molar-refractivity contribution in [2.45, 2.75) is 20.8 Å². The van der Waals surface area contributed by atoms with Crippen LogP contribution in [0.3, 0.4) is 0 Å². The average Bonchev–Trinajstić information content (AvgIpc) is 2.64. The zero-order valence-electron chi connectivity index (χ0n) is 15.0. The van der Waals surface area contributed by atoms with E-state index in [1.165, 1.54) is 0 Å². The molecule has 0 spiro atoms.